The van der Waals surface area contributed by atoms with E-state index in [1.54, 1.807) is 47.7 Å². The van der Waals surface area contributed by atoms with E-state index < -0.39 is 0 Å². The Labute approximate surface area is 232 Å². The molecular formula is C28H19Cl2N3O2S2. The second-order valence-electron chi connectivity index (χ2n) is 8.20. The highest BCUT2D eigenvalue weighted by Crippen LogP contribution is 2.31. The Balaban J connectivity index is 1.17. The van der Waals surface area contributed by atoms with E-state index in [-0.39, 0.29) is 11.0 Å². The molecule has 9 heteroatoms. The van der Waals surface area contributed by atoms with Gasteiger partial charge >= 0.3 is 0 Å². The normalized spacial score (nSPS) is 11.2. The van der Waals surface area contributed by atoms with E-state index in [2.05, 4.69) is 29.7 Å². The summed E-state index contributed by atoms with van der Waals surface area (Å²) in [7, 11) is 0. The molecule has 5 nitrogen and oxygen atoms in total. The third-order valence-corrected chi connectivity index (χ3v) is 7.05. The Morgan fingerprint density at radius 2 is 1.73 bits per heavy atom. The van der Waals surface area contributed by atoms with E-state index in [1.807, 2.05) is 30.3 Å². The minimum atomic E-state index is -0.386. The van der Waals surface area contributed by atoms with E-state index in [9.17, 15) is 4.79 Å². The van der Waals surface area contributed by atoms with Gasteiger partial charge < -0.3 is 9.73 Å². The number of amides is 1. The standard InChI is InChI=1S/C28H19Cl2N3O2S2/c1-16-2-9-23-25(12-16)37-27(32-23)17-3-5-21(6-4-17)31-28(36)33-26(34)11-8-22-7-10-24(35-22)18-13-19(29)15-20(30)14-18/h2-15H,1H3,(H2,31,33,34,36)/b11-8+. The van der Waals surface area contributed by atoms with Crippen LogP contribution >= 0.6 is 46.8 Å². The van der Waals surface area contributed by atoms with E-state index in [0.29, 0.717) is 21.6 Å². The highest BCUT2D eigenvalue weighted by molar-refractivity contribution is 7.80. The zero-order valence-corrected chi connectivity index (χ0v) is 22.6. The first-order valence-corrected chi connectivity index (χ1v) is 13.1. The summed E-state index contributed by atoms with van der Waals surface area (Å²) in [5.74, 6) is 0.703. The van der Waals surface area contributed by atoms with E-state index in [4.69, 9.17) is 44.8 Å². The summed E-state index contributed by atoms with van der Waals surface area (Å²) < 4.78 is 6.93. The first-order valence-electron chi connectivity index (χ1n) is 11.2. The molecule has 0 fully saturated rings. The third kappa shape index (κ3) is 6.26. The lowest BCUT2D eigenvalue weighted by molar-refractivity contribution is -0.115. The van der Waals surface area contributed by atoms with Crippen LogP contribution in [0.4, 0.5) is 5.69 Å². The van der Waals surface area contributed by atoms with Crippen molar-refractivity contribution in [3.05, 3.63) is 100 Å². The molecule has 2 aromatic heterocycles. The number of benzene rings is 3. The lowest BCUT2D eigenvalue weighted by atomic mass is 10.2. The molecule has 0 saturated heterocycles. The number of furan rings is 1. The average molecular weight is 565 g/mol. The number of thiazole rings is 1. The van der Waals surface area contributed by atoms with Crippen molar-refractivity contribution in [1.82, 2.24) is 10.3 Å². The monoisotopic (exact) mass is 563 g/mol. The molecule has 37 heavy (non-hydrogen) atoms. The predicted octanol–water partition coefficient (Wildman–Crippen LogP) is 8.36. The Morgan fingerprint density at radius 1 is 0.973 bits per heavy atom. The molecule has 1 amide bonds. The van der Waals surface area contributed by atoms with E-state index >= 15 is 0 Å². The van der Waals surface area contributed by atoms with Crippen molar-refractivity contribution in [2.24, 2.45) is 0 Å². The number of nitrogens with zero attached hydrogens (tertiary/aromatic N) is 1. The summed E-state index contributed by atoms with van der Waals surface area (Å²) in [6, 6.07) is 22.7. The molecule has 184 valence electrons. The second kappa shape index (κ2) is 10.9. The highest BCUT2D eigenvalue weighted by Gasteiger charge is 2.09. The Morgan fingerprint density at radius 3 is 2.49 bits per heavy atom. The minimum absolute atomic E-state index is 0.187. The molecular weight excluding hydrogens is 545 g/mol. The van der Waals surface area contributed by atoms with Crippen molar-refractivity contribution >= 4 is 79.8 Å². The molecule has 0 unspecified atom stereocenters. The molecule has 0 aliphatic heterocycles. The van der Waals surface area contributed by atoms with Crippen LogP contribution < -0.4 is 10.6 Å². The number of carbonyl (C=O) groups is 1. The van der Waals surface area contributed by atoms with Crippen LogP contribution in [0.5, 0.6) is 0 Å². The Kier molecular flexibility index (Phi) is 7.39. The van der Waals surface area contributed by atoms with Crippen LogP contribution in [-0.4, -0.2) is 16.0 Å². The average Bonchev–Trinajstić information content (AvgIpc) is 3.49. The number of nitrogens with one attached hydrogen (secondary N) is 2. The fourth-order valence-electron chi connectivity index (χ4n) is 3.62. The maximum absolute atomic E-state index is 12.3. The first kappa shape index (κ1) is 25.2. The molecule has 0 atom stereocenters. The summed E-state index contributed by atoms with van der Waals surface area (Å²) in [6.07, 6.45) is 2.90. The fraction of sp³-hybridized carbons (Fsp3) is 0.0357. The summed E-state index contributed by atoms with van der Waals surface area (Å²) in [5.41, 5.74) is 4.72. The van der Waals surface area contributed by atoms with Gasteiger partial charge in [0.15, 0.2) is 5.11 Å². The topological polar surface area (TPSA) is 67.2 Å². The molecule has 2 N–H and O–H groups in total. The van der Waals surface area contributed by atoms with Crippen molar-refractivity contribution < 1.29 is 9.21 Å². The van der Waals surface area contributed by atoms with Gasteiger partial charge in [-0.25, -0.2) is 4.98 Å². The zero-order valence-electron chi connectivity index (χ0n) is 19.4. The van der Waals surface area contributed by atoms with Crippen LogP contribution in [0.3, 0.4) is 0 Å². The van der Waals surface area contributed by atoms with Crippen molar-refractivity contribution in [3.8, 4) is 21.9 Å². The van der Waals surface area contributed by atoms with Crippen LogP contribution in [0.25, 0.3) is 38.2 Å². The van der Waals surface area contributed by atoms with Crippen molar-refractivity contribution in [3.63, 3.8) is 0 Å². The number of hydrogen-bond acceptors (Lipinski definition) is 5. The Bertz CT molecular complexity index is 1640. The fourth-order valence-corrected chi connectivity index (χ4v) is 5.43. The maximum Gasteiger partial charge on any atom is 0.250 e. The van der Waals surface area contributed by atoms with Gasteiger partial charge in [-0.1, -0.05) is 29.3 Å². The Hall–Kier alpha value is -3.49. The lowest BCUT2D eigenvalue weighted by Gasteiger charge is -2.08. The smallest absolute Gasteiger partial charge is 0.250 e. The number of aryl methyl sites for hydroxylation is 1. The molecule has 0 aliphatic rings. The van der Waals surface area contributed by atoms with E-state index in [0.717, 1.165) is 32.0 Å². The number of halogens is 2. The van der Waals surface area contributed by atoms with Crippen LogP contribution in [0.2, 0.25) is 10.0 Å². The van der Waals surface area contributed by atoms with Gasteiger partial charge in [0.05, 0.1) is 10.2 Å². The zero-order chi connectivity index (χ0) is 25.9. The highest BCUT2D eigenvalue weighted by atomic mass is 35.5. The number of aromatic nitrogens is 1. The summed E-state index contributed by atoms with van der Waals surface area (Å²) in [5, 5.41) is 7.81. The lowest BCUT2D eigenvalue weighted by Crippen LogP contribution is -2.32. The molecule has 2 heterocycles. The maximum atomic E-state index is 12.3. The molecule has 5 rings (SSSR count). The van der Waals surface area contributed by atoms with Crippen LogP contribution in [-0.2, 0) is 4.79 Å². The number of anilines is 1. The number of rotatable bonds is 5. The van der Waals surface area contributed by atoms with Crippen molar-refractivity contribution in [2.75, 3.05) is 5.32 Å². The summed E-state index contributed by atoms with van der Waals surface area (Å²) >= 11 is 19.1. The predicted molar refractivity (Wildman–Crippen MR) is 157 cm³/mol. The van der Waals surface area contributed by atoms with Crippen molar-refractivity contribution in [2.45, 2.75) is 6.92 Å². The van der Waals surface area contributed by atoms with Gasteiger partial charge in [-0.2, -0.15) is 0 Å². The molecule has 3 aromatic carbocycles. The quantitative estimate of drug-likeness (QED) is 0.166. The van der Waals surface area contributed by atoms with Gasteiger partial charge in [-0.05, 0) is 97.5 Å². The van der Waals surface area contributed by atoms with Gasteiger partial charge in [0.25, 0.3) is 0 Å². The van der Waals surface area contributed by atoms with Gasteiger partial charge in [0.1, 0.15) is 16.5 Å². The number of fused-ring (bicyclic) bond motifs is 1. The van der Waals surface area contributed by atoms with Crippen molar-refractivity contribution in [1.29, 1.82) is 0 Å². The minimum Gasteiger partial charge on any atom is -0.457 e. The first-order chi connectivity index (χ1) is 17.8. The molecule has 0 saturated carbocycles. The summed E-state index contributed by atoms with van der Waals surface area (Å²) in [4.78, 5) is 17.0. The largest absolute Gasteiger partial charge is 0.457 e. The third-order valence-electron chi connectivity index (χ3n) is 5.34. The van der Waals surface area contributed by atoms with Crippen LogP contribution in [0.15, 0.2) is 83.3 Å². The number of hydrogen-bond donors (Lipinski definition) is 2. The molecule has 0 bridgehead atoms. The van der Waals surface area contributed by atoms with E-state index in [1.165, 1.54) is 11.6 Å². The molecule has 0 radical (unpaired) electrons. The summed E-state index contributed by atoms with van der Waals surface area (Å²) in [6.45, 7) is 2.07. The molecule has 0 aliphatic carbocycles. The van der Waals surface area contributed by atoms with Gasteiger partial charge in [-0.3, -0.25) is 10.1 Å². The van der Waals surface area contributed by atoms with Gasteiger partial charge in [-0.15, -0.1) is 11.3 Å². The van der Waals surface area contributed by atoms with Crippen LogP contribution in [0.1, 0.15) is 11.3 Å². The molecule has 0 spiro atoms. The SMILES string of the molecule is Cc1ccc2nc(-c3ccc(NC(=S)NC(=O)/C=C/c4ccc(-c5cc(Cl)cc(Cl)c5)o4)cc3)sc2c1. The second-order valence-corrected chi connectivity index (χ2v) is 10.5. The van der Waals surface area contributed by atoms with Gasteiger partial charge in [0.2, 0.25) is 5.91 Å². The van der Waals surface area contributed by atoms with Gasteiger partial charge in [0, 0.05) is 32.9 Å². The van der Waals surface area contributed by atoms with Crippen LogP contribution in [0, 0.1) is 6.92 Å². The number of carbonyl (C=O) groups excluding carboxylic acids is 1. The molecule has 5 aromatic rings. The number of thiocarbonyl (C=S) groups is 1.